The first kappa shape index (κ1) is 33.5. The molecule has 4 rings (SSSR count). The molecule has 5 unspecified atom stereocenters. The maximum absolute atomic E-state index is 13.7. The molecule has 10 N–H and O–H groups in total. The Morgan fingerprint density at radius 1 is 0.717 bits per heavy atom. The normalized spacial score (nSPS) is 14.4. The van der Waals surface area contributed by atoms with Gasteiger partial charge < -0.3 is 47.1 Å². The summed E-state index contributed by atoms with van der Waals surface area (Å²) < 4.78 is 0. The van der Waals surface area contributed by atoms with Crippen LogP contribution in [-0.2, 0) is 38.4 Å². The molecule has 13 heteroatoms. The number of nitrogens with two attached hydrogens (primary N) is 1. The third kappa shape index (κ3) is 8.83. The molecule has 3 amide bonds. The van der Waals surface area contributed by atoms with Gasteiger partial charge in [-0.1, -0.05) is 42.5 Å². The van der Waals surface area contributed by atoms with Gasteiger partial charge in [-0.2, -0.15) is 0 Å². The van der Waals surface area contributed by atoms with E-state index in [2.05, 4.69) is 20.9 Å². The number of aliphatic carboxylic acids is 1. The predicted molar refractivity (Wildman–Crippen MR) is 169 cm³/mol. The largest absolute Gasteiger partial charge is 0.508 e. The molecule has 4 aromatic rings. The van der Waals surface area contributed by atoms with Crippen molar-refractivity contribution >= 4 is 34.6 Å². The number of benzene rings is 3. The molecule has 5 atom stereocenters. The fourth-order valence-electron chi connectivity index (χ4n) is 4.91. The van der Waals surface area contributed by atoms with E-state index in [1.54, 1.807) is 30.5 Å². The summed E-state index contributed by atoms with van der Waals surface area (Å²) in [5.41, 5.74) is 8.39. The number of amides is 3. The number of aliphatic hydroxyl groups is 1. The summed E-state index contributed by atoms with van der Waals surface area (Å²) in [4.78, 5) is 55.5. The zero-order valence-corrected chi connectivity index (χ0v) is 25.0. The fourth-order valence-corrected chi connectivity index (χ4v) is 4.91. The number of carboxylic acid groups (broad SMARTS) is 1. The molecule has 0 bridgehead atoms. The minimum atomic E-state index is -1.34. The first-order valence-electron chi connectivity index (χ1n) is 14.6. The molecule has 0 saturated heterocycles. The number of aromatic amines is 1. The number of hydrogen-bond donors (Lipinski definition) is 9. The van der Waals surface area contributed by atoms with Gasteiger partial charge in [-0.3, -0.25) is 14.4 Å². The van der Waals surface area contributed by atoms with Crippen molar-refractivity contribution in [3.05, 3.63) is 95.7 Å². The minimum Gasteiger partial charge on any atom is -0.508 e. The first-order chi connectivity index (χ1) is 21.9. The Morgan fingerprint density at radius 3 is 1.70 bits per heavy atom. The maximum atomic E-state index is 13.7. The molecule has 0 saturated carbocycles. The lowest BCUT2D eigenvalue weighted by Crippen LogP contribution is -2.59. The van der Waals surface area contributed by atoms with Gasteiger partial charge in [-0.15, -0.1) is 0 Å². The van der Waals surface area contributed by atoms with Gasteiger partial charge in [0.15, 0.2) is 0 Å². The number of rotatable bonds is 14. The highest BCUT2D eigenvalue weighted by atomic mass is 16.4. The first-order valence-corrected chi connectivity index (χ1v) is 14.6. The Labute approximate surface area is 264 Å². The van der Waals surface area contributed by atoms with Crippen molar-refractivity contribution in [2.45, 2.75) is 56.5 Å². The molecule has 3 aromatic carbocycles. The molecule has 0 aliphatic heterocycles. The van der Waals surface area contributed by atoms with Crippen molar-refractivity contribution in [2.24, 2.45) is 5.73 Å². The number of aromatic hydroxyl groups is 2. The van der Waals surface area contributed by atoms with Crippen LogP contribution in [0, 0.1) is 0 Å². The molecule has 0 fully saturated rings. The average molecular weight is 632 g/mol. The summed E-state index contributed by atoms with van der Waals surface area (Å²) in [7, 11) is 0. The third-order valence-electron chi connectivity index (χ3n) is 7.55. The minimum absolute atomic E-state index is 0.00355. The number of para-hydroxylation sites is 1. The van der Waals surface area contributed by atoms with Crippen LogP contribution < -0.4 is 21.7 Å². The second-order valence-electron chi connectivity index (χ2n) is 11.1. The summed E-state index contributed by atoms with van der Waals surface area (Å²) in [6.07, 6.45) is 0.287. The van der Waals surface area contributed by atoms with Crippen LogP contribution in [0.1, 0.15) is 23.6 Å². The molecule has 0 radical (unpaired) electrons. The second kappa shape index (κ2) is 15.1. The Kier molecular flexibility index (Phi) is 11.0. The number of aliphatic hydroxyl groups excluding tert-OH is 1. The highest BCUT2D eigenvalue weighted by molar-refractivity contribution is 5.94. The fraction of sp³-hybridized carbons (Fsp3) is 0.273. The number of phenolic OH excluding ortho intramolecular Hbond substituents is 2. The van der Waals surface area contributed by atoms with Crippen LogP contribution >= 0.6 is 0 Å². The molecule has 242 valence electrons. The summed E-state index contributed by atoms with van der Waals surface area (Å²) in [5.74, 6) is -3.66. The van der Waals surface area contributed by atoms with E-state index in [1.165, 1.54) is 31.2 Å². The molecule has 13 nitrogen and oxygen atoms in total. The second-order valence-corrected chi connectivity index (χ2v) is 11.1. The zero-order chi connectivity index (χ0) is 33.4. The smallest absolute Gasteiger partial charge is 0.326 e. The molecular formula is C33H37N5O8. The van der Waals surface area contributed by atoms with Crippen molar-refractivity contribution in [1.82, 2.24) is 20.9 Å². The van der Waals surface area contributed by atoms with Gasteiger partial charge in [0.05, 0.1) is 6.10 Å². The van der Waals surface area contributed by atoms with Crippen LogP contribution in [0.25, 0.3) is 10.9 Å². The van der Waals surface area contributed by atoms with E-state index in [-0.39, 0.29) is 30.8 Å². The number of phenols is 2. The van der Waals surface area contributed by atoms with E-state index in [4.69, 9.17) is 5.73 Å². The van der Waals surface area contributed by atoms with Crippen LogP contribution in [0.4, 0.5) is 0 Å². The van der Waals surface area contributed by atoms with Crippen LogP contribution in [0.5, 0.6) is 11.5 Å². The van der Waals surface area contributed by atoms with Gasteiger partial charge in [0.25, 0.3) is 0 Å². The van der Waals surface area contributed by atoms with Crippen LogP contribution in [-0.4, -0.2) is 79.4 Å². The number of carbonyl (C=O) groups is 4. The van der Waals surface area contributed by atoms with E-state index in [0.29, 0.717) is 16.7 Å². The molecule has 1 aromatic heterocycles. The van der Waals surface area contributed by atoms with E-state index < -0.39 is 54.0 Å². The van der Waals surface area contributed by atoms with Gasteiger partial charge >= 0.3 is 5.97 Å². The molecule has 0 spiro atoms. The lowest BCUT2D eigenvalue weighted by Gasteiger charge is -2.26. The predicted octanol–water partition coefficient (Wildman–Crippen LogP) is 0.854. The summed E-state index contributed by atoms with van der Waals surface area (Å²) in [6.45, 7) is 1.33. The SMILES string of the molecule is CC(O)C(N)C(=O)NC(Cc1ccc(O)cc1)C(=O)NC(Cc1ccc(O)cc1)C(=O)NC(Cc1c[nH]c2ccccc12)C(=O)O. The van der Waals surface area contributed by atoms with Gasteiger partial charge in [0, 0.05) is 36.4 Å². The highest BCUT2D eigenvalue weighted by Crippen LogP contribution is 2.20. The van der Waals surface area contributed by atoms with E-state index in [0.717, 1.165) is 10.9 Å². The van der Waals surface area contributed by atoms with Crippen molar-refractivity contribution in [2.75, 3.05) is 0 Å². The van der Waals surface area contributed by atoms with Gasteiger partial charge in [-0.25, -0.2) is 4.79 Å². The van der Waals surface area contributed by atoms with Crippen LogP contribution in [0.15, 0.2) is 79.0 Å². The van der Waals surface area contributed by atoms with Crippen molar-refractivity contribution in [3.63, 3.8) is 0 Å². The Morgan fingerprint density at radius 2 is 1.20 bits per heavy atom. The highest BCUT2D eigenvalue weighted by Gasteiger charge is 2.32. The van der Waals surface area contributed by atoms with Gasteiger partial charge in [0.2, 0.25) is 17.7 Å². The van der Waals surface area contributed by atoms with Crippen molar-refractivity contribution < 1.29 is 39.6 Å². The Hall–Kier alpha value is -5.40. The number of nitrogens with one attached hydrogen (secondary N) is 4. The zero-order valence-electron chi connectivity index (χ0n) is 25.0. The number of carbonyl (C=O) groups excluding carboxylic acids is 3. The molecule has 1 heterocycles. The van der Waals surface area contributed by atoms with Crippen LogP contribution in [0.2, 0.25) is 0 Å². The summed E-state index contributed by atoms with van der Waals surface area (Å²) in [5, 5.41) is 47.7. The number of aromatic nitrogens is 1. The standard InChI is InChI=1S/C33H37N5O8/c1-18(39)29(34)32(44)37-27(15-20-8-12-23(41)13-9-20)30(42)36-26(14-19-6-10-22(40)11-7-19)31(43)38-28(33(45)46)16-21-17-35-25-5-3-2-4-24(21)25/h2-13,17-18,26-29,35,39-41H,14-16,34H2,1H3,(H,36,42)(H,37,44)(H,38,43)(H,45,46). The van der Waals surface area contributed by atoms with Crippen LogP contribution in [0.3, 0.4) is 0 Å². The third-order valence-corrected chi connectivity index (χ3v) is 7.55. The molecule has 46 heavy (non-hydrogen) atoms. The topological polar surface area (TPSA) is 227 Å². The molecule has 0 aliphatic rings. The van der Waals surface area contributed by atoms with Crippen molar-refractivity contribution in [3.8, 4) is 11.5 Å². The number of hydrogen-bond acceptors (Lipinski definition) is 8. The lowest BCUT2D eigenvalue weighted by molar-refractivity contribution is -0.142. The number of carboxylic acids is 1. The van der Waals surface area contributed by atoms with E-state index >= 15 is 0 Å². The average Bonchev–Trinajstić information content (AvgIpc) is 3.44. The lowest BCUT2D eigenvalue weighted by atomic mass is 10.0. The van der Waals surface area contributed by atoms with Crippen molar-refractivity contribution in [1.29, 1.82) is 0 Å². The van der Waals surface area contributed by atoms with Gasteiger partial charge in [0.1, 0.15) is 35.7 Å². The number of H-pyrrole nitrogens is 1. The van der Waals surface area contributed by atoms with E-state index in [9.17, 15) is 39.6 Å². The Bertz CT molecular complexity index is 1670. The summed E-state index contributed by atoms with van der Waals surface area (Å²) in [6, 6.07) is 14.0. The van der Waals surface area contributed by atoms with E-state index in [1.807, 2.05) is 24.3 Å². The maximum Gasteiger partial charge on any atom is 0.326 e. The quantitative estimate of drug-likeness (QED) is 0.0960. The van der Waals surface area contributed by atoms with Gasteiger partial charge in [-0.05, 0) is 53.9 Å². The Balaban J connectivity index is 1.59. The summed E-state index contributed by atoms with van der Waals surface area (Å²) >= 11 is 0. The molecular weight excluding hydrogens is 594 g/mol. The monoisotopic (exact) mass is 631 g/mol. The molecule has 0 aliphatic carbocycles. The number of fused-ring (bicyclic) bond motifs is 1.